The van der Waals surface area contributed by atoms with Crippen LogP contribution in [0, 0.1) is 10.1 Å². The maximum absolute atomic E-state index is 12.1. The van der Waals surface area contributed by atoms with Gasteiger partial charge >= 0.3 is 5.69 Å². The van der Waals surface area contributed by atoms with Crippen molar-refractivity contribution in [3.05, 3.63) is 38.9 Å². The molecule has 0 radical (unpaired) electrons. The molecule has 0 saturated carbocycles. The zero-order valence-electron chi connectivity index (χ0n) is 10.6. The molecule has 0 aliphatic carbocycles. The molecule has 0 saturated heterocycles. The summed E-state index contributed by atoms with van der Waals surface area (Å²) in [6.07, 6.45) is 0. The van der Waals surface area contributed by atoms with Crippen molar-refractivity contribution in [1.29, 1.82) is 0 Å². The molecule has 0 bridgehead atoms. The van der Waals surface area contributed by atoms with E-state index in [1.807, 2.05) is 0 Å². The molecule has 0 unspecified atom stereocenters. The normalized spacial score (nSPS) is 9.63. The van der Waals surface area contributed by atoms with E-state index < -0.39 is 10.8 Å². The number of likely N-dealkylation sites (N-methyl/N-ethyl adjacent to an activating group) is 2. The van der Waals surface area contributed by atoms with Gasteiger partial charge in [-0.05, 0) is 19.2 Å². The lowest BCUT2D eigenvalue weighted by molar-refractivity contribution is -0.385. The van der Waals surface area contributed by atoms with Crippen LogP contribution in [0.3, 0.4) is 0 Å². The Balaban J connectivity index is 0.00000324. The first-order chi connectivity index (χ1) is 8.49. The highest BCUT2D eigenvalue weighted by Crippen LogP contribution is 2.28. The maximum Gasteiger partial charge on any atom is 0.300 e. The third-order valence-corrected chi connectivity index (χ3v) is 2.75. The molecule has 0 aromatic heterocycles. The number of hydrogen-bond acceptors (Lipinski definition) is 4. The number of nitro groups is 1. The molecule has 0 fully saturated rings. The van der Waals surface area contributed by atoms with Gasteiger partial charge in [-0.2, -0.15) is 0 Å². The average molecular weight is 308 g/mol. The van der Waals surface area contributed by atoms with E-state index in [2.05, 4.69) is 5.32 Å². The van der Waals surface area contributed by atoms with Crippen molar-refractivity contribution in [2.75, 3.05) is 27.2 Å². The van der Waals surface area contributed by atoms with E-state index >= 15 is 0 Å². The zero-order valence-corrected chi connectivity index (χ0v) is 12.1. The Kier molecular flexibility index (Phi) is 7.36. The second kappa shape index (κ2) is 7.93. The summed E-state index contributed by atoms with van der Waals surface area (Å²) >= 11 is 5.75. The summed E-state index contributed by atoms with van der Waals surface area (Å²) in [6.45, 7) is 1.07. The van der Waals surface area contributed by atoms with E-state index in [4.69, 9.17) is 11.6 Å². The van der Waals surface area contributed by atoms with E-state index in [1.165, 1.54) is 23.1 Å². The van der Waals surface area contributed by atoms with Gasteiger partial charge in [-0.25, -0.2) is 0 Å². The molecule has 19 heavy (non-hydrogen) atoms. The quantitative estimate of drug-likeness (QED) is 0.666. The van der Waals surface area contributed by atoms with Crippen LogP contribution in [0.25, 0.3) is 0 Å². The van der Waals surface area contributed by atoms with Gasteiger partial charge in [0.25, 0.3) is 5.91 Å². The number of carbonyl (C=O) groups is 1. The Bertz CT molecular complexity index is 468. The number of halogens is 2. The van der Waals surface area contributed by atoms with Crippen molar-refractivity contribution < 1.29 is 9.72 Å². The minimum absolute atomic E-state index is 0. The first-order valence-corrected chi connectivity index (χ1v) is 5.69. The third-order valence-electron chi connectivity index (χ3n) is 2.44. The van der Waals surface area contributed by atoms with Gasteiger partial charge in [0, 0.05) is 20.1 Å². The van der Waals surface area contributed by atoms with Crippen LogP contribution >= 0.6 is 24.0 Å². The van der Waals surface area contributed by atoms with Crippen molar-refractivity contribution in [1.82, 2.24) is 10.2 Å². The van der Waals surface area contributed by atoms with Crippen LogP contribution in [0.15, 0.2) is 18.2 Å². The number of nitrogens with one attached hydrogen (secondary N) is 1. The molecule has 0 heterocycles. The summed E-state index contributed by atoms with van der Waals surface area (Å²) in [5, 5.41) is 13.8. The van der Waals surface area contributed by atoms with Crippen LogP contribution in [-0.4, -0.2) is 42.9 Å². The van der Waals surface area contributed by atoms with Gasteiger partial charge < -0.3 is 10.2 Å². The van der Waals surface area contributed by atoms with Gasteiger partial charge in [0.15, 0.2) is 0 Å². The minimum atomic E-state index is -0.637. The van der Waals surface area contributed by atoms with Gasteiger partial charge in [-0.1, -0.05) is 17.7 Å². The molecule has 1 aromatic carbocycles. The highest BCUT2D eigenvalue weighted by atomic mass is 35.5. The number of rotatable bonds is 5. The second-order valence-electron chi connectivity index (χ2n) is 3.72. The Morgan fingerprint density at radius 3 is 2.68 bits per heavy atom. The number of nitrogens with zero attached hydrogens (tertiary/aromatic N) is 2. The first-order valence-electron chi connectivity index (χ1n) is 5.32. The van der Waals surface area contributed by atoms with Gasteiger partial charge in [-0.3, -0.25) is 14.9 Å². The molecule has 0 aliphatic rings. The van der Waals surface area contributed by atoms with Crippen molar-refractivity contribution in [3.63, 3.8) is 0 Å². The lowest BCUT2D eigenvalue weighted by atomic mass is 10.1. The molecule has 1 amide bonds. The molecule has 6 nitrogen and oxygen atoms in total. The number of para-hydroxylation sites is 1. The van der Waals surface area contributed by atoms with Gasteiger partial charge in [0.05, 0.1) is 4.92 Å². The largest absolute Gasteiger partial charge is 0.340 e. The van der Waals surface area contributed by atoms with Gasteiger partial charge in [0.1, 0.15) is 10.6 Å². The molecular formula is C11H15Cl2N3O3. The monoisotopic (exact) mass is 307 g/mol. The Hall–Kier alpha value is -1.37. The lowest BCUT2D eigenvalue weighted by Gasteiger charge is -2.16. The van der Waals surface area contributed by atoms with Crippen molar-refractivity contribution in [3.8, 4) is 0 Å². The Morgan fingerprint density at radius 1 is 1.53 bits per heavy atom. The zero-order chi connectivity index (χ0) is 13.7. The number of hydrogen-bond donors (Lipinski definition) is 1. The number of nitro benzene ring substituents is 1. The van der Waals surface area contributed by atoms with E-state index in [0.29, 0.717) is 13.1 Å². The van der Waals surface area contributed by atoms with Crippen molar-refractivity contribution >= 4 is 35.6 Å². The first kappa shape index (κ1) is 17.6. The predicted molar refractivity (Wildman–Crippen MR) is 76.2 cm³/mol. The topological polar surface area (TPSA) is 75.5 Å². The molecule has 0 spiro atoms. The van der Waals surface area contributed by atoms with E-state index in [1.54, 1.807) is 14.1 Å². The third kappa shape index (κ3) is 4.34. The minimum Gasteiger partial charge on any atom is -0.340 e. The van der Waals surface area contributed by atoms with Gasteiger partial charge in [0.2, 0.25) is 0 Å². The standard InChI is InChI=1S/C11H14ClN3O3.ClH/c1-13-6-7-14(2)11(16)8-4-3-5-9(12)10(8)15(17)18;/h3-5,13H,6-7H2,1-2H3;1H. The molecule has 0 atom stereocenters. The summed E-state index contributed by atoms with van der Waals surface area (Å²) < 4.78 is 0. The summed E-state index contributed by atoms with van der Waals surface area (Å²) in [6, 6.07) is 4.32. The van der Waals surface area contributed by atoms with Crippen LogP contribution in [0.4, 0.5) is 5.69 Å². The highest BCUT2D eigenvalue weighted by Gasteiger charge is 2.25. The molecule has 1 rings (SSSR count). The SMILES string of the molecule is CNCCN(C)C(=O)c1cccc(Cl)c1[N+](=O)[O-].Cl. The lowest BCUT2D eigenvalue weighted by Crippen LogP contribution is -2.33. The van der Waals surface area contributed by atoms with Crippen LogP contribution < -0.4 is 5.32 Å². The summed E-state index contributed by atoms with van der Waals surface area (Å²) in [5.74, 6) is -0.417. The van der Waals surface area contributed by atoms with E-state index in [0.717, 1.165) is 0 Å². The van der Waals surface area contributed by atoms with E-state index in [9.17, 15) is 14.9 Å². The smallest absolute Gasteiger partial charge is 0.300 e. The maximum atomic E-state index is 12.1. The van der Waals surface area contributed by atoms with Gasteiger partial charge in [-0.15, -0.1) is 12.4 Å². The number of carbonyl (C=O) groups excluding carboxylic acids is 1. The average Bonchev–Trinajstić information content (AvgIpc) is 2.34. The fraction of sp³-hybridized carbons (Fsp3) is 0.364. The Morgan fingerprint density at radius 2 is 2.16 bits per heavy atom. The predicted octanol–water partition coefficient (Wildman–Crippen LogP) is 1.96. The van der Waals surface area contributed by atoms with Crippen molar-refractivity contribution in [2.45, 2.75) is 0 Å². The summed E-state index contributed by atoms with van der Waals surface area (Å²) in [5.41, 5.74) is -0.341. The van der Waals surface area contributed by atoms with Crippen molar-refractivity contribution in [2.24, 2.45) is 0 Å². The molecule has 1 N–H and O–H groups in total. The molecule has 106 valence electrons. The fourth-order valence-electron chi connectivity index (χ4n) is 1.46. The Labute approximate surface area is 122 Å². The molecular weight excluding hydrogens is 293 g/mol. The summed E-state index contributed by atoms with van der Waals surface area (Å²) in [4.78, 5) is 23.8. The van der Waals surface area contributed by atoms with Crippen LogP contribution in [0.1, 0.15) is 10.4 Å². The fourth-order valence-corrected chi connectivity index (χ4v) is 1.70. The van der Waals surface area contributed by atoms with Crippen LogP contribution in [0.2, 0.25) is 5.02 Å². The number of benzene rings is 1. The van der Waals surface area contributed by atoms with Crippen LogP contribution in [-0.2, 0) is 0 Å². The molecule has 8 heteroatoms. The highest BCUT2D eigenvalue weighted by molar-refractivity contribution is 6.33. The molecule has 1 aromatic rings. The second-order valence-corrected chi connectivity index (χ2v) is 4.13. The molecule has 0 aliphatic heterocycles. The summed E-state index contributed by atoms with van der Waals surface area (Å²) in [7, 11) is 3.35. The van der Waals surface area contributed by atoms with E-state index in [-0.39, 0.29) is 28.7 Å². The van der Waals surface area contributed by atoms with Crippen LogP contribution in [0.5, 0.6) is 0 Å². The number of amides is 1.